The molecule has 0 unspecified atom stereocenters. The van der Waals surface area contributed by atoms with Crippen molar-refractivity contribution in [2.45, 2.75) is 13.5 Å². The second-order valence-corrected chi connectivity index (χ2v) is 9.54. The minimum atomic E-state index is 0.690. The van der Waals surface area contributed by atoms with E-state index >= 15 is 0 Å². The Labute approximate surface area is 220 Å². The molecule has 0 radical (unpaired) electrons. The normalized spacial score (nSPS) is 11.4. The molecule has 0 saturated heterocycles. The lowest BCUT2D eigenvalue weighted by molar-refractivity contribution is 0.826. The first kappa shape index (κ1) is 22.2. The summed E-state index contributed by atoms with van der Waals surface area (Å²) in [4.78, 5) is 10.1. The number of aromatic nitrogens is 5. The van der Waals surface area contributed by atoms with Gasteiger partial charge in [-0.15, -0.1) is 5.10 Å². The minimum Gasteiger partial charge on any atom is -0.320 e. The van der Waals surface area contributed by atoms with Crippen LogP contribution in [0.2, 0.25) is 0 Å². The number of nitrogens with zero attached hydrogens (tertiary/aromatic N) is 5. The lowest BCUT2D eigenvalue weighted by Crippen LogP contribution is -2.03. The minimum absolute atomic E-state index is 0.690. The number of hydrogen-bond donors (Lipinski definition) is 0. The standard InChI is InChI=1S/C33H25N5/c1-23-17-19-27(20-18-23)31-35-33-29-28(25-13-7-3-8-14-25)30(26-15-9-4-10-16-26)37(21-24-11-5-2-6-12-24)32(29)34-22-38(33)36-31/h2-20,22H,21H2,1H3. The predicted octanol–water partition coefficient (Wildman–Crippen LogP) is 7.44. The fourth-order valence-corrected chi connectivity index (χ4v) is 5.16. The van der Waals surface area contributed by atoms with Gasteiger partial charge < -0.3 is 4.57 Å². The van der Waals surface area contributed by atoms with Crippen molar-refractivity contribution in [3.05, 3.63) is 133 Å². The van der Waals surface area contributed by atoms with Crippen molar-refractivity contribution in [2.24, 2.45) is 0 Å². The van der Waals surface area contributed by atoms with Crippen LogP contribution in [0.25, 0.3) is 50.5 Å². The van der Waals surface area contributed by atoms with Crippen molar-refractivity contribution in [1.29, 1.82) is 0 Å². The van der Waals surface area contributed by atoms with E-state index in [9.17, 15) is 0 Å². The van der Waals surface area contributed by atoms with Gasteiger partial charge >= 0.3 is 0 Å². The Kier molecular flexibility index (Phi) is 5.33. The van der Waals surface area contributed by atoms with Gasteiger partial charge in [-0.3, -0.25) is 0 Å². The van der Waals surface area contributed by atoms with Gasteiger partial charge in [0, 0.05) is 17.7 Å². The largest absolute Gasteiger partial charge is 0.320 e. The Hall–Kier alpha value is -5.03. The number of hydrogen-bond acceptors (Lipinski definition) is 3. The molecule has 38 heavy (non-hydrogen) atoms. The quantitative estimate of drug-likeness (QED) is 0.251. The van der Waals surface area contributed by atoms with Gasteiger partial charge in [0.2, 0.25) is 0 Å². The summed E-state index contributed by atoms with van der Waals surface area (Å²) in [6.07, 6.45) is 1.79. The van der Waals surface area contributed by atoms with Gasteiger partial charge in [-0.25, -0.2) is 14.5 Å². The van der Waals surface area contributed by atoms with Gasteiger partial charge in [0.25, 0.3) is 0 Å². The first-order valence-corrected chi connectivity index (χ1v) is 12.8. The molecule has 0 atom stereocenters. The maximum Gasteiger partial charge on any atom is 0.182 e. The third-order valence-corrected chi connectivity index (χ3v) is 6.98. The molecule has 0 N–H and O–H groups in total. The van der Waals surface area contributed by atoms with Crippen LogP contribution in [0.3, 0.4) is 0 Å². The van der Waals surface area contributed by atoms with Crippen LogP contribution in [0.4, 0.5) is 0 Å². The molecule has 0 aliphatic rings. The Morgan fingerprint density at radius 1 is 0.632 bits per heavy atom. The van der Waals surface area contributed by atoms with E-state index < -0.39 is 0 Å². The SMILES string of the molecule is Cc1ccc(-c2nc3c4c(-c5ccccc5)c(-c5ccccc5)n(Cc5ccccc5)c4ncn3n2)cc1. The van der Waals surface area contributed by atoms with Crippen molar-refractivity contribution in [3.63, 3.8) is 0 Å². The Morgan fingerprint density at radius 3 is 1.95 bits per heavy atom. The molecule has 182 valence electrons. The summed E-state index contributed by atoms with van der Waals surface area (Å²) in [6, 6.07) is 40.0. The molecule has 4 aromatic carbocycles. The molecule has 0 aliphatic carbocycles. The van der Waals surface area contributed by atoms with Gasteiger partial charge in [-0.2, -0.15) is 0 Å². The van der Waals surface area contributed by atoms with Crippen molar-refractivity contribution < 1.29 is 0 Å². The number of fused-ring (bicyclic) bond motifs is 3. The van der Waals surface area contributed by atoms with E-state index in [0.717, 1.165) is 44.6 Å². The molecule has 3 aromatic heterocycles. The highest BCUT2D eigenvalue weighted by Gasteiger charge is 2.25. The van der Waals surface area contributed by atoms with Gasteiger partial charge in [-0.1, -0.05) is 121 Å². The summed E-state index contributed by atoms with van der Waals surface area (Å²) in [7, 11) is 0. The number of rotatable bonds is 5. The van der Waals surface area contributed by atoms with Gasteiger partial charge in [-0.05, 0) is 23.6 Å². The zero-order valence-corrected chi connectivity index (χ0v) is 21.0. The molecule has 0 saturated carbocycles. The fourth-order valence-electron chi connectivity index (χ4n) is 5.16. The maximum atomic E-state index is 5.08. The van der Waals surface area contributed by atoms with E-state index in [1.807, 2.05) is 4.52 Å². The molecule has 7 aromatic rings. The van der Waals surface area contributed by atoms with Crippen LogP contribution in [0.1, 0.15) is 11.1 Å². The summed E-state index contributed by atoms with van der Waals surface area (Å²) < 4.78 is 4.13. The van der Waals surface area contributed by atoms with Gasteiger partial charge in [0.05, 0.1) is 11.1 Å². The molecule has 0 amide bonds. The van der Waals surface area contributed by atoms with Crippen molar-refractivity contribution >= 4 is 16.7 Å². The van der Waals surface area contributed by atoms with Gasteiger partial charge in [0.1, 0.15) is 12.0 Å². The van der Waals surface area contributed by atoms with Crippen molar-refractivity contribution in [2.75, 3.05) is 0 Å². The smallest absolute Gasteiger partial charge is 0.182 e. The zero-order valence-electron chi connectivity index (χ0n) is 21.0. The Morgan fingerprint density at radius 2 is 1.26 bits per heavy atom. The lowest BCUT2D eigenvalue weighted by Gasteiger charge is -2.13. The van der Waals surface area contributed by atoms with Crippen LogP contribution >= 0.6 is 0 Å². The molecule has 0 bridgehead atoms. The van der Waals surface area contributed by atoms with E-state index in [4.69, 9.17) is 15.1 Å². The highest BCUT2D eigenvalue weighted by Crippen LogP contribution is 2.42. The van der Waals surface area contributed by atoms with E-state index in [1.165, 1.54) is 11.1 Å². The predicted molar refractivity (Wildman–Crippen MR) is 153 cm³/mol. The number of aryl methyl sites for hydroxylation is 1. The average Bonchev–Trinajstić information content (AvgIpc) is 3.54. The van der Waals surface area contributed by atoms with Crippen LogP contribution in [0.15, 0.2) is 122 Å². The third-order valence-electron chi connectivity index (χ3n) is 6.98. The van der Waals surface area contributed by atoms with Crippen molar-refractivity contribution in [3.8, 4) is 33.8 Å². The molecule has 0 spiro atoms. The molecule has 0 fully saturated rings. The number of benzene rings is 4. The van der Waals surface area contributed by atoms with E-state index in [-0.39, 0.29) is 0 Å². The molecule has 5 nitrogen and oxygen atoms in total. The second kappa shape index (κ2) is 9.12. The van der Waals surface area contributed by atoms with Crippen LogP contribution < -0.4 is 0 Å². The first-order valence-electron chi connectivity index (χ1n) is 12.8. The Balaban J connectivity index is 1.59. The molecular formula is C33H25N5. The maximum absolute atomic E-state index is 5.08. The topological polar surface area (TPSA) is 48.0 Å². The first-order chi connectivity index (χ1) is 18.8. The van der Waals surface area contributed by atoms with E-state index in [2.05, 4.69) is 127 Å². The zero-order chi connectivity index (χ0) is 25.5. The molecule has 7 rings (SSSR count). The van der Waals surface area contributed by atoms with Crippen LogP contribution in [-0.4, -0.2) is 24.1 Å². The van der Waals surface area contributed by atoms with Crippen molar-refractivity contribution in [1.82, 2.24) is 24.1 Å². The highest BCUT2D eigenvalue weighted by atomic mass is 15.3. The molecular weight excluding hydrogens is 466 g/mol. The average molecular weight is 492 g/mol. The Bertz CT molecular complexity index is 1870. The molecule has 5 heteroatoms. The van der Waals surface area contributed by atoms with Gasteiger partial charge in [0.15, 0.2) is 11.5 Å². The van der Waals surface area contributed by atoms with Crippen LogP contribution in [0, 0.1) is 6.92 Å². The lowest BCUT2D eigenvalue weighted by atomic mass is 9.99. The third kappa shape index (κ3) is 3.76. The summed E-state index contributed by atoms with van der Waals surface area (Å²) in [5.74, 6) is 0.690. The van der Waals surface area contributed by atoms with Crippen LogP contribution in [0.5, 0.6) is 0 Å². The summed E-state index contributed by atoms with van der Waals surface area (Å²) in [5, 5.41) is 5.83. The fraction of sp³-hybridized carbons (Fsp3) is 0.0606. The van der Waals surface area contributed by atoms with E-state index in [0.29, 0.717) is 12.4 Å². The second-order valence-electron chi connectivity index (χ2n) is 9.54. The molecule has 3 heterocycles. The highest BCUT2D eigenvalue weighted by molar-refractivity contribution is 6.09. The summed E-state index contributed by atoms with van der Waals surface area (Å²) >= 11 is 0. The monoisotopic (exact) mass is 491 g/mol. The summed E-state index contributed by atoms with van der Waals surface area (Å²) in [6.45, 7) is 2.78. The molecule has 0 aliphatic heterocycles. The van der Waals surface area contributed by atoms with Crippen LogP contribution in [-0.2, 0) is 6.54 Å². The summed E-state index contributed by atoms with van der Waals surface area (Å²) in [5.41, 5.74) is 9.59. The van der Waals surface area contributed by atoms with E-state index in [1.54, 1.807) is 6.33 Å².